The molecule has 3 rings (SSSR count). The highest BCUT2D eigenvalue weighted by atomic mass is 16.1. The monoisotopic (exact) mass is 379 g/mol. The molecule has 0 saturated carbocycles. The van der Waals surface area contributed by atoms with Gasteiger partial charge in [0.15, 0.2) is 0 Å². The first-order valence-electron chi connectivity index (χ1n) is 10.5. The smallest absolute Gasteiger partial charge is 0.229 e. The zero-order valence-corrected chi connectivity index (χ0v) is 17.4. The summed E-state index contributed by atoms with van der Waals surface area (Å²) in [5.74, 6) is 0.821. The Labute approximate surface area is 169 Å². The van der Waals surface area contributed by atoms with E-state index in [0.29, 0.717) is 6.54 Å². The van der Waals surface area contributed by atoms with Crippen LogP contribution in [0.4, 0.5) is 0 Å². The van der Waals surface area contributed by atoms with Crippen LogP contribution < -0.4 is 5.32 Å². The molecular weight excluding hydrogens is 346 g/mol. The van der Waals surface area contributed by atoms with E-state index >= 15 is 0 Å². The zero-order chi connectivity index (χ0) is 19.9. The molecular formula is C24H33N3O. The van der Waals surface area contributed by atoms with E-state index in [0.717, 1.165) is 23.7 Å². The lowest BCUT2D eigenvalue weighted by Crippen LogP contribution is -2.33. The van der Waals surface area contributed by atoms with Crippen LogP contribution in [0.15, 0.2) is 48.7 Å². The number of pyridine rings is 1. The summed E-state index contributed by atoms with van der Waals surface area (Å²) in [6, 6.07) is 14.4. The molecule has 0 unspecified atom stereocenters. The van der Waals surface area contributed by atoms with Crippen LogP contribution in [0.5, 0.6) is 0 Å². The second-order valence-electron chi connectivity index (χ2n) is 8.49. The molecule has 4 nitrogen and oxygen atoms in total. The van der Waals surface area contributed by atoms with Crippen LogP contribution in [-0.2, 0) is 17.9 Å². The third-order valence-electron chi connectivity index (χ3n) is 5.59. The summed E-state index contributed by atoms with van der Waals surface area (Å²) in [7, 11) is 0. The number of nitrogens with zero attached hydrogens (tertiary/aromatic N) is 2. The van der Waals surface area contributed by atoms with Gasteiger partial charge in [0.2, 0.25) is 5.91 Å². The number of hydrogen-bond donors (Lipinski definition) is 1. The Kier molecular flexibility index (Phi) is 7.21. The van der Waals surface area contributed by atoms with E-state index in [4.69, 9.17) is 0 Å². The van der Waals surface area contributed by atoms with Gasteiger partial charge in [-0.1, -0.05) is 51.1 Å². The van der Waals surface area contributed by atoms with Gasteiger partial charge in [0.1, 0.15) is 0 Å². The van der Waals surface area contributed by atoms with Crippen LogP contribution in [0.25, 0.3) is 0 Å². The van der Waals surface area contributed by atoms with Crippen molar-refractivity contribution in [2.45, 2.75) is 52.6 Å². The summed E-state index contributed by atoms with van der Waals surface area (Å²) in [5, 5.41) is 3.10. The minimum atomic E-state index is -0.221. The average Bonchev–Trinajstić information content (AvgIpc) is 2.68. The number of hydrogen-bond acceptors (Lipinski definition) is 3. The number of likely N-dealkylation sites (tertiary alicyclic amines) is 1. The Morgan fingerprint density at radius 3 is 2.57 bits per heavy atom. The normalized spacial score (nSPS) is 18.8. The Morgan fingerprint density at radius 1 is 1.18 bits per heavy atom. The van der Waals surface area contributed by atoms with Crippen molar-refractivity contribution >= 4 is 5.91 Å². The van der Waals surface area contributed by atoms with E-state index in [9.17, 15) is 4.79 Å². The van der Waals surface area contributed by atoms with Crippen LogP contribution in [0.2, 0.25) is 0 Å². The highest BCUT2D eigenvalue weighted by Gasteiger charge is 2.25. The third-order valence-corrected chi connectivity index (χ3v) is 5.59. The zero-order valence-electron chi connectivity index (χ0n) is 17.4. The highest BCUT2D eigenvalue weighted by Crippen LogP contribution is 2.23. The van der Waals surface area contributed by atoms with Crippen molar-refractivity contribution in [2.75, 3.05) is 13.1 Å². The topological polar surface area (TPSA) is 45.2 Å². The van der Waals surface area contributed by atoms with Crippen molar-refractivity contribution < 1.29 is 4.79 Å². The van der Waals surface area contributed by atoms with Crippen LogP contribution >= 0.6 is 0 Å². The molecule has 0 radical (unpaired) electrons. The second kappa shape index (κ2) is 9.83. The van der Waals surface area contributed by atoms with Crippen molar-refractivity contribution in [3.8, 4) is 0 Å². The van der Waals surface area contributed by atoms with Crippen LogP contribution in [0.1, 0.15) is 56.4 Å². The van der Waals surface area contributed by atoms with Gasteiger partial charge in [-0.25, -0.2) is 0 Å². The van der Waals surface area contributed by atoms with Gasteiger partial charge in [-0.05, 0) is 54.5 Å². The molecule has 150 valence electrons. The van der Waals surface area contributed by atoms with E-state index in [-0.39, 0.29) is 17.7 Å². The summed E-state index contributed by atoms with van der Waals surface area (Å²) in [4.78, 5) is 19.7. The molecule has 1 fully saturated rings. The number of carbonyl (C=O) groups excluding carboxylic acids is 1. The molecule has 1 aliphatic heterocycles. The maximum absolute atomic E-state index is 12.8. The molecule has 0 aliphatic carbocycles. The van der Waals surface area contributed by atoms with Gasteiger partial charge < -0.3 is 5.32 Å². The summed E-state index contributed by atoms with van der Waals surface area (Å²) >= 11 is 0. The molecule has 28 heavy (non-hydrogen) atoms. The highest BCUT2D eigenvalue weighted by molar-refractivity contribution is 5.83. The molecule has 1 N–H and O–H groups in total. The first kappa shape index (κ1) is 20.5. The summed E-state index contributed by atoms with van der Waals surface area (Å²) in [5.41, 5.74) is 3.31. The Bertz CT molecular complexity index is 742. The summed E-state index contributed by atoms with van der Waals surface area (Å²) in [6.45, 7) is 10.4. The van der Waals surface area contributed by atoms with E-state index in [1.165, 1.54) is 31.5 Å². The Hall–Kier alpha value is -2.20. The second-order valence-corrected chi connectivity index (χ2v) is 8.49. The van der Waals surface area contributed by atoms with Gasteiger partial charge in [0, 0.05) is 25.8 Å². The number of nitrogens with one attached hydrogen (secondary N) is 1. The Morgan fingerprint density at radius 2 is 1.93 bits per heavy atom. The standard InChI is InChI=1S/C24H33N3O/c1-18(2)23(22-8-4-5-13-25-22)24(28)26-15-20-9-11-21(12-10-20)17-27-14-6-7-19(3)16-27/h4-5,8-13,18-19,23H,6-7,14-17H2,1-3H3,(H,26,28)/t19-,23-/m1/s1. The van der Waals surface area contributed by atoms with E-state index in [1.54, 1.807) is 6.20 Å². The molecule has 4 heteroatoms. The molecule has 2 aromatic rings. The van der Waals surface area contributed by atoms with Crippen molar-refractivity contribution in [1.29, 1.82) is 0 Å². The summed E-state index contributed by atoms with van der Waals surface area (Å²) < 4.78 is 0. The SMILES string of the molecule is CC(C)[C@@H](C(=O)NCc1ccc(CN2CCC[C@@H](C)C2)cc1)c1ccccn1. The van der Waals surface area contributed by atoms with E-state index in [2.05, 4.69) is 60.2 Å². The Balaban J connectivity index is 1.54. The fourth-order valence-corrected chi connectivity index (χ4v) is 4.09. The van der Waals surface area contributed by atoms with Crippen molar-refractivity contribution in [3.05, 3.63) is 65.5 Å². The predicted octanol–water partition coefficient (Wildman–Crippen LogP) is 4.37. The van der Waals surface area contributed by atoms with Crippen LogP contribution in [-0.4, -0.2) is 28.9 Å². The third kappa shape index (κ3) is 5.65. The van der Waals surface area contributed by atoms with Gasteiger partial charge in [-0.3, -0.25) is 14.7 Å². The lowest BCUT2D eigenvalue weighted by atomic mass is 9.91. The number of carbonyl (C=O) groups is 1. The van der Waals surface area contributed by atoms with Gasteiger partial charge in [0.05, 0.1) is 11.6 Å². The quantitative estimate of drug-likeness (QED) is 0.777. The van der Waals surface area contributed by atoms with Crippen LogP contribution in [0.3, 0.4) is 0 Å². The van der Waals surface area contributed by atoms with Crippen molar-refractivity contribution in [2.24, 2.45) is 11.8 Å². The van der Waals surface area contributed by atoms with Crippen molar-refractivity contribution in [1.82, 2.24) is 15.2 Å². The van der Waals surface area contributed by atoms with Gasteiger partial charge in [-0.2, -0.15) is 0 Å². The molecule has 0 spiro atoms. The molecule has 1 aliphatic rings. The fourth-order valence-electron chi connectivity index (χ4n) is 4.09. The predicted molar refractivity (Wildman–Crippen MR) is 114 cm³/mol. The molecule has 1 amide bonds. The lowest BCUT2D eigenvalue weighted by molar-refractivity contribution is -0.123. The fraction of sp³-hybridized carbons (Fsp3) is 0.500. The molecule has 1 aromatic heterocycles. The first-order chi connectivity index (χ1) is 13.5. The van der Waals surface area contributed by atoms with Crippen molar-refractivity contribution in [3.63, 3.8) is 0 Å². The maximum Gasteiger partial charge on any atom is 0.229 e. The molecule has 1 aromatic carbocycles. The number of aromatic nitrogens is 1. The average molecular weight is 380 g/mol. The molecule has 1 saturated heterocycles. The maximum atomic E-state index is 12.8. The van der Waals surface area contributed by atoms with E-state index in [1.807, 2.05) is 18.2 Å². The van der Waals surface area contributed by atoms with Crippen LogP contribution in [0, 0.1) is 11.8 Å². The number of piperidine rings is 1. The number of amides is 1. The molecule has 2 heterocycles. The lowest BCUT2D eigenvalue weighted by Gasteiger charge is -2.30. The molecule has 0 bridgehead atoms. The number of benzene rings is 1. The summed E-state index contributed by atoms with van der Waals surface area (Å²) in [6.07, 6.45) is 4.41. The molecule has 2 atom stereocenters. The van der Waals surface area contributed by atoms with Gasteiger partial charge >= 0.3 is 0 Å². The minimum Gasteiger partial charge on any atom is -0.351 e. The van der Waals surface area contributed by atoms with E-state index < -0.39 is 0 Å². The van der Waals surface area contributed by atoms with Gasteiger partial charge in [-0.15, -0.1) is 0 Å². The minimum absolute atomic E-state index is 0.0417. The van der Waals surface area contributed by atoms with Gasteiger partial charge in [0.25, 0.3) is 0 Å². The largest absolute Gasteiger partial charge is 0.351 e. The first-order valence-corrected chi connectivity index (χ1v) is 10.5. The number of rotatable bonds is 7.